The molecule has 0 saturated heterocycles. The second kappa shape index (κ2) is 8.15. The van der Waals surface area contributed by atoms with Gasteiger partial charge in [0.15, 0.2) is 5.78 Å². The van der Waals surface area contributed by atoms with Crippen molar-refractivity contribution in [3.63, 3.8) is 0 Å². The monoisotopic (exact) mass is 430 g/mol. The normalized spacial score (nSPS) is 15.8. The lowest BCUT2D eigenvalue weighted by atomic mass is 9.82. The third-order valence-electron chi connectivity index (χ3n) is 5.69. The number of ether oxygens (including phenoxy) is 1. The lowest BCUT2D eigenvalue weighted by molar-refractivity contribution is 0.0961. The maximum Gasteiger partial charge on any atom is 0.253 e. The van der Waals surface area contributed by atoms with Crippen LogP contribution in [-0.2, 0) is 12.2 Å². The number of aryl methyl sites for hydroxylation is 1. The molecule has 0 aliphatic heterocycles. The van der Waals surface area contributed by atoms with Gasteiger partial charge in [-0.1, -0.05) is 59.8 Å². The number of nitrogens with zero attached hydrogens (tertiary/aromatic N) is 4. The second-order valence-electron chi connectivity index (χ2n) is 7.77. The Morgan fingerprint density at radius 1 is 1.13 bits per heavy atom. The van der Waals surface area contributed by atoms with Gasteiger partial charge in [0, 0.05) is 24.3 Å². The average molecular weight is 431 g/mol. The topological polar surface area (TPSA) is 69.4 Å². The van der Waals surface area contributed by atoms with Crippen LogP contribution in [0.2, 0.25) is 0 Å². The van der Waals surface area contributed by atoms with E-state index >= 15 is 0 Å². The van der Waals surface area contributed by atoms with Gasteiger partial charge in [-0.15, -0.1) is 5.10 Å². The number of carbonyl (C=O) groups excluding carboxylic acids is 1. The number of thioether (sulfide) groups is 1. The van der Waals surface area contributed by atoms with Crippen LogP contribution in [0.25, 0.3) is 5.78 Å². The molecule has 31 heavy (non-hydrogen) atoms. The summed E-state index contributed by atoms with van der Waals surface area (Å²) >= 11 is 1.57. The summed E-state index contributed by atoms with van der Waals surface area (Å²) in [5, 5.41) is 5.35. The van der Waals surface area contributed by atoms with Crippen LogP contribution in [0.5, 0.6) is 5.75 Å². The van der Waals surface area contributed by atoms with Gasteiger partial charge in [0.2, 0.25) is 5.16 Å². The SMILES string of the molecule is COc1ccccc1C1CC(=O)c2cnc3nc(SCc4ccc(C)cc4)nn3c2C1. The molecule has 1 aliphatic rings. The van der Waals surface area contributed by atoms with Gasteiger partial charge in [-0.25, -0.2) is 4.98 Å². The highest BCUT2D eigenvalue weighted by atomic mass is 32.2. The summed E-state index contributed by atoms with van der Waals surface area (Å²) in [6.07, 6.45) is 2.77. The summed E-state index contributed by atoms with van der Waals surface area (Å²) in [5.74, 6) is 2.23. The van der Waals surface area contributed by atoms with E-state index in [-0.39, 0.29) is 11.7 Å². The molecule has 4 aromatic rings. The molecule has 0 amide bonds. The standard InChI is InChI=1S/C24H22N4O2S/c1-15-7-9-16(10-8-15)14-31-24-26-23-25-13-19-20(28(23)27-24)11-17(12-21(19)29)18-5-3-4-6-22(18)30-2/h3-10,13,17H,11-12,14H2,1-2H3. The first-order chi connectivity index (χ1) is 15.1. The second-order valence-corrected chi connectivity index (χ2v) is 8.71. The van der Waals surface area contributed by atoms with Gasteiger partial charge in [0.05, 0.1) is 18.4 Å². The lowest BCUT2D eigenvalue weighted by Gasteiger charge is -2.25. The van der Waals surface area contributed by atoms with Crippen molar-refractivity contribution < 1.29 is 9.53 Å². The Morgan fingerprint density at radius 3 is 2.74 bits per heavy atom. The van der Waals surface area contributed by atoms with Crippen molar-refractivity contribution in [1.82, 2.24) is 19.6 Å². The van der Waals surface area contributed by atoms with Crippen molar-refractivity contribution in [2.45, 2.75) is 36.6 Å². The first kappa shape index (κ1) is 19.8. The Kier molecular flexibility index (Phi) is 5.19. The molecule has 2 aromatic carbocycles. The van der Waals surface area contributed by atoms with E-state index < -0.39 is 0 Å². The van der Waals surface area contributed by atoms with E-state index in [1.54, 1.807) is 29.6 Å². The number of aromatic nitrogens is 4. The number of ketones is 1. The summed E-state index contributed by atoms with van der Waals surface area (Å²) in [5.41, 5.74) is 5.01. The fraction of sp³-hybridized carbons (Fsp3) is 0.250. The van der Waals surface area contributed by atoms with E-state index in [1.807, 2.05) is 24.3 Å². The van der Waals surface area contributed by atoms with Gasteiger partial charge in [-0.3, -0.25) is 4.79 Å². The fourth-order valence-electron chi connectivity index (χ4n) is 4.05. The molecule has 1 unspecified atom stereocenters. The number of rotatable bonds is 5. The molecule has 0 bridgehead atoms. The first-order valence-corrected chi connectivity index (χ1v) is 11.2. The highest BCUT2D eigenvalue weighted by Crippen LogP contribution is 2.37. The quantitative estimate of drug-likeness (QED) is 0.430. The Bertz CT molecular complexity index is 1270. The minimum absolute atomic E-state index is 0.0367. The molecule has 0 fully saturated rings. The molecule has 1 aliphatic carbocycles. The molecular weight excluding hydrogens is 408 g/mol. The zero-order chi connectivity index (χ0) is 21.4. The molecule has 1 atom stereocenters. The number of Topliss-reactive ketones (excluding diaryl/α,β-unsaturated/α-hetero) is 1. The van der Waals surface area contributed by atoms with E-state index in [1.165, 1.54) is 11.1 Å². The van der Waals surface area contributed by atoms with E-state index in [2.05, 4.69) is 46.3 Å². The first-order valence-electron chi connectivity index (χ1n) is 10.2. The molecule has 0 spiro atoms. The van der Waals surface area contributed by atoms with E-state index in [0.717, 1.165) is 22.8 Å². The van der Waals surface area contributed by atoms with Crippen molar-refractivity contribution in [3.05, 3.63) is 82.7 Å². The van der Waals surface area contributed by atoms with Crippen molar-refractivity contribution in [1.29, 1.82) is 0 Å². The van der Waals surface area contributed by atoms with Crippen LogP contribution in [0.1, 0.15) is 45.1 Å². The van der Waals surface area contributed by atoms with Gasteiger partial charge in [0.25, 0.3) is 5.78 Å². The Hall–Kier alpha value is -3.19. The van der Waals surface area contributed by atoms with Gasteiger partial charge in [0.1, 0.15) is 5.75 Å². The number of hydrogen-bond acceptors (Lipinski definition) is 6. The minimum atomic E-state index is 0.0367. The number of methoxy groups -OCH3 is 1. The molecule has 2 heterocycles. The Morgan fingerprint density at radius 2 is 1.94 bits per heavy atom. The van der Waals surface area contributed by atoms with Gasteiger partial charge in [-0.2, -0.15) is 9.50 Å². The van der Waals surface area contributed by atoms with Crippen molar-refractivity contribution in [2.75, 3.05) is 7.11 Å². The number of fused-ring (bicyclic) bond motifs is 3. The number of benzene rings is 2. The minimum Gasteiger partial charge on any atom is -0.496 e. The molecular formula is C24H22N4O2S. The zero-order valence-electron chi connectivity index (χ0n) is 17.4. The van der Waals surface area contributed by atoms with Crippen molar-refractivity contribution in [2.24, 2.45) is 0 Å². The smallest absolute Gasteiger partial charge is 0.253 e. The summed E-state index contributed by atoms with van der Waals surface area (Å²) < 4.78 is 7.28. The lowest BCUT2D eigenvalue weighted by Crippen LogP contribution is -2.22. The average Bonchev–Trinajstić information content (AvgIpc) is 3.22. The Labute approximate surface area is 184 Å². The van der Waals surface area contributed by atoms with Crippen LogP contribution in [0.15, 0.2) is 59.9 Å². The van der Waals surface area contributed by atoms with Crippen LogP contribution in [0.4, 0.5) is 0 Å². The maximum atomic E-state index is 12.9. The molecule has 0 saturated carbocycles. The summed E-state index contributed by atoms with van der Waals surface area (Å²) in [4.78, 5) is 21.9. The van der Waals surface area contributed by atoms with Gasteiger partial charge < -0.3 is 4.74 Å². The number of carbonyl (C=O) groups is 1. The van der Waals surface area contributed by atoms with Crippen LogP contribution in [0, 0.1) is 6.92 Å². The van der Waals surface area contributed by atoms with E-state index in [0.29, 0.717) is 29.3 Å². The largest absolute Gasteiger partial charge is 0.496 e. The fourth-order valence-corrected chi connectivity index (χ4v) is 4.82. The van der Waals surface area contributed by atoms with Crippen LogP contribution in [0.3, 0.4) is 0 Å². The van der Waals surface area contributed by atoms with Crippen LogP contribution in [-0.4, -0.2) is 32.5 Å². The molecule has 6 nitrogen and oxygen atoms in total. The molecule has 5 rings (SSSR count). The third-order valence-corrected chi connectivity index (χ3v) is 6.59. The highest BCUT2D eigenvalue weighted by Gasteiger charge is 2.31. The highest BCUT2D eigenvalue weighted by molar-refractivity contribution is 7.98. The molecule has 2 aromatic heterocycles. The molecule has 7 heteroatoms. The van der Waals surface area contributed by atoms with E-state index in [4.69, 9.17) is 4.74 Å². The predicted molar refractivity (Wildman–Crippen MR) is 120 cm³/mol. The Balaban J connectivity index is 1.46. The van der Waals surface area contributed by atoms with E-state index in [9.17, 15) is 4.79 Å². The van der Waals surface area contributed by atoms with Crippen molar-refractivity contribution >= 4 is 23.3 Å². The van der Waals surface area contributed by atoms with Crippen LogP contribution >= 0.6 is 11.8 Å². The number of para-hydroxylation sites is 1. The van der Waals surface area contributed by atoms with Gasteiger partial charge >= 0.3 is 0 Å². The predicted octanol–water partition coefficient (Wildman–Crippen LogP) is 4.65. The molecule has 156 valence electrons. The van der Waals surface area contributed by atoms with Gasteiger partial charge in [-0.05, 0) is 30.5 Å². The zero-order valence-corrected chi connectivity index (χ0v) is 18.2. The summed E-state index contributed by atoms with van der Waals surface area (Å²) in [6.45, 7) is 2.08. The summed E-state index contributed by atoms with van der Waals surface area (Å²) in [6, 6.07) is 16.3. The third kappa shape index (κ3) is 3.81. The van der Waals surface area contributed by atoms with Crippen LogP contribution < -0.4 is 4.74 Å². The molecule has 0 radical (unpaired) electrons. The number of hydrogen-bond donors (Lipinski definition) is 0. The maximum absolute atomic E-state index is 12.9. The molecule has 0 N–H and O–H groups in total. The van der Waals surface area contributed by atoms with Crippen molar-refractivity contribution in [3.8, 4) is 5.75 Å². The summed E-state index contributed by atoms with van der Waals surface area (Å²) in [7, 11) is 1.66.